The third-order valence-corrected chi connectivity index (χ3v) is 5.59. The first kappa shape index (κ1) is 21.3. The van der Waals surface area contributed by atoms with Gasteiger partial charge in [0.2, 0.25) is 0 Å². The summed E-state index contributed by atoms with van der Waals surface area (Å²) in [6.45, 7) is 2.15. The molecule has 0 saturated carbocycles. The number of halogens is 1. The molecule has 3 rings (SSSR count). The summed E-state index contributed by atoms with van der Waals surface area (Å²) in [4.78, 5) is 25.3. The Hall–Kier alpha value is -2.37. The van der Waals surface area contributed by atoms with E-state index in [-0.39, 0.29) is 18.3 Å². The molecule has 0 aliphatic carbocycles. The Labute approximate surface area is 177 Å². The average molecular weight is 416 g/mol. The fourth-order valence-electron chi connectivity index (χ4n) is 3.46. The van der Waals surface area contributed by atoms with Gasteiger partial charge in [-0.1, -0.05) is 29.8 Å². The van der Waals surface area contributed by atoms with E-state index in [0.717, 1.165) is 43.8 Å². The van der Waals surface area contributed by atoms with Crippen molar-refractivity contribution in [3.05, 3.63) is 58.6 Å². The Morgan fingerprint density at radius 3 is 2.79 bits per heavy atom. The van der Waals surface area contributed by atoms with Crippen LogP contribution in [0.25, 0.3) is 0 Å². The van der Waals surface area contributed by atoms with Crippen LogP contribution in [0.4, 0.5) is 5.69 Å². The zero-order valence-corrected chi connectivity index (χ0v) is 17.6. The normalized spacial score (nSPS) is 13.9. The van der Waals surface area contributed by atoms with Gasteiger partial charge in [0.15, 0.2) is 12.4 Å². The lowest BCUT2D eigenvalue weighted by Gasteiger charge is -2.18. The summed E-state index contributed by atoms with van der Waals surface area (Å²) >= 11 is 6.21. The number of rotatable bonds is 10. The molecule has 154 valence electrons. The van der Waals surface area contributed by atoms with Gasteiger partial charge >= 0.3 is 0 Å². The van der Waals surface area contributed by atoms with Crippen molar-refractivity contribution < 1.29 is 19.2 Å². The van der Waals surface area contributed by atoms with E-state index in [1.165, 1.54) is 10.5 Å². The second-order valence-electron chi connectivity index (χ2n) is 7.58. The predicted octanol–water partition coefficient (Wildman–Crippen LogP) is 3.17. The van der Waals surface area contributed by atoms with Gasteiger partial charge in [-0.3, -0.25) is 9.59 Å². The van der Waals surface area contributed by atoms with Crippen molar-refractivity contribution in [2.75, 3.05) is 32.1 Å². The summed E-state index contributed by atoms with van der Waals surface area (Å²) in [5, 5.41) is 3.58. The molecule has 2 aromatic rings. The first-order chi connectivity index (χ1) is 14.0. The molecule has 6 heteroatoms. The van der Waals surface area contributed by atoms with E-state index in [2.05, 4.69) is 18.4 Å². The van der Waals surface area contributed by atoms with Gasteiger partial charge in [-0.25, -0.2) is 0 Å². The second-order valence-corrected chi connectivity index (χ2v) is 7.99. The minimum absolute atomic E-state index is 0.0229. The molecule has 0 fully saturated rings. The molecule has 2 aromatic carbocycles. The molecular formula is C23H28ClN2O3+. The average Bonchev–Trinajstić information content (AvgIpc) is 2.72. The van der Waals surface area contributed by atoms with Crippen molar-refractivity contribution in [2.45, 2.75) is 32.1 Å². The minimum Gasteiger partial charge on any atom is -0.482 e. The van der Waals surface area contributed by atoms with Crippen LogP contribution in [0.15, 0.2) is 42.5 Å². The number of carbonyl (C=O) groups is 2. The molecule has 1 amide bonds. The molecule has 1 heterocycles. The molecular weight excluding hydrogens is 388 g/mol. The molecule has 0 aromatic heterocycles. The van der Waals surface area contributed by atoms with E-state index in [0.29, 0.717) is 23.4 Å². The molecule has 1 atom stereocenters. The van der Waals surface area contributed by atoms with Crippen LogP contribution in [-0.4, -0.2) is 38.4 Å². The van der Waals surface area contributed by atoms with Gasteiger partial charge in [0.1, 0.15) is 5.75 Å². The Kier molecular flexibility index (Phi) is 7.67. The number of anilines is 1. The number of amides is 1. The Morgan fingerprint density at radius 2 is 1.97 bits per heavy atom. The minimum atomic E-state index is -0.191. The van der Waals surface area contributed by atoms with Crippen LogP contribution in [0.1, 0.15) is 41.6 Å². The maximum Gasteiger partial charge on any atom is 0.262 e. The zero-order chi connectivity index (χ0) is 20.6. The van der Waals surface area contributed by atoms with Gasteiger partial charge in [-0.15, -0.1) is 0 Å². The first-order valence-electron chi connectivity index (χ1n) is 10.2. The van der Waals surface area contributed by atoms with Gasteiger partial charge in [0, 0.05) is 23.4 Å². The molecule has 0 spiro atoms. The van der Waals surface area contributed by atoms with Crippen LogP contribution in [0.5, 0.6) is 5.75 Å². The van der Waals surface area contributed by atoms with E-state index in [1.807, 2.05) is 18.2 Å². The summed E-state index contributed by atoms with van der Waals surface area (Å²) in [6.07, 6.45) is 4.49. The summed E-state index contributed by atoms with van der Waals surface area (Å²) in [5.74, 6) is 0.527. The maximum atomic E-state index is 12.4. The number of fused-ring (bicyclic) bond motifs is 1. The molecule has 0 radical (unpaired) electrons. The van der Waals surface area contributed by atoms with Crippen LogP contribution < -0.4 is 15.0 Å². The number of hydrogen-bond acceptors (Lipinski definition) is 3. The van der Waals surface area contributed by atoms with E-state index in [9.17, 15) is 9.59 Å². The second kappa shape index (κ2) is 10.4. The zero-order valence-electron chi connectivity index (χ0n) is 16.8. The van der Waals surface area contributed by atoms with Crippen molar-refractivity contribution in [1.29, 1.82) is 0 Å². The highest BCUT2D eigenvalue weighted by molar-refractivity contribution is 6.31. The molecule has 1 aliphatic heterocycles. The van der Waals surface area contributed by atoms with Gasteiger partial charge in [-0.2, -0.15) is 0 Å². The predicted molar refractivity (Wildman–Crippen MR) is 115 cm³/mol. The van der Waals surface area contributed by atoms with E-state index in [1.54, 1.807) is 18.2 Å². The number of nitrogens with one attached hydrogen (secondary N) is 2. The largest absolute Gasteiger partial charge is 0.482 e. The number of carbonyl (C=O) groups excluding carboxylic acids is 2. The summed E-state index contributed by atoms with van der Waals surface area (Å²) < 4.78 is 5.33. The summed E-state index contributed by atoms with van der Waals surface area (Å²) in [7, 11) is 2.20. The van der Waals surface area contributed by atoms with E-state index in [4.69, 9.17) is 16.3 Å². The number of likely N-dealkylation sites (N-methyl/N-ethyl adjacent to an activating group) is 1. The topological polar surface area (TPSA) is 59.8 Å². The van der Waals surface area contributed by atoms with Crippen molar-refractivity contribution in [3.63, 3.8) is 0 Å². The number of ether oxygens (including phenoxy) is 1. The number of Topliss-reactive ketones (excluding diaryl/α,β-unsaturated/α-hetero) is 1. The molecule has 1 aliphatic rings. The number of hydrogen-bond donors (Lipinski definition) is 2. The van der Waals surface area contributed by atoms with Gasteiger partial charge < -0.3 is 15.0 Å². The number of unbranched alkanes of at least 4 members (excludes halogenated alkanes) is 2. The fourth-order valence-corrected chi connectivity index (χ4v) is 3.69. The third kappa shape index (κ3) is 6.31. The van der Waals surface area contributed by atoms with Crippen LogP contribution in [0, 0.1) is 0 Å². The highest BCUT2D eigenvalue weighted by Gasteiger charge is 2.17. The van der Waals surface area contributed by atoms with Gasteiger partial charge in [0.25, 0.3) is 5.91 Å². The Balaban J connectivity index is 1.34. The van der Waals surface area contributed by atoms with Crippen LogP contribution >= 0.6 is 11.6 Å². The SMILES string of the molecule is C[NH+](CCCCCC(=O)c1ccc2c(c1)NC(=O)CO2)CCc1ccccc1Cl. The molecule has 29 heavy (non-hydrogen) atoms. The lowest BCUT2D eigenvalue weighted by atomic mass is 10.0. The summed E-state index contributed by atoms with van der Waals surface area (Å²) in [5.41, 5.74) is 2.40. The van der Waals surface area contributed by atoms with E-state index >= 15 is 0 Å². The van der Waals surface area contributed by atoms with Crippen LogP contribution in [0.3, 0.4) is 0 Å². The number of benzene rings is 2. The van der Waals surface area contributed by atoms with Crippen molar-refractivity contribution in [3.8, 4) is 5.75 Å². The smallest absolute Gasteiger partial charge is 0.262 e. The third-order valence-electron chi connectivity index (χ3n) is 5.22. The van der Waals surface area contributed by atoms with Crippen molar-refractivity contribution >= 4 is 29.0 Å². The fraction of sp³-hybridized carbons (Fsp3) is 0.391. The van der Waals surface area contributed by atoms with Crippen LogP contribution in [0.2, 0.25) is 5.02 Å². The number of quaternary nitrogens is 1. The number of ketones is 1. The maximum absolute atomic E-state index is 12.4. The van der Waals surface area contributed by atoms with Gasteiger partial charge in [-0.05, 0) is 49.1 Å². The molecule has 1 unspecified atom stereocenters. The van der Waals surface area contributed by atoms with E-state index < -0.39 is 0 Å². The van der Waals surface area contributed by atoms with Crippen molar-refractivity contribution in [1.82, 2.24) is 0 Å². The van der Waals surface area contributed by atoms with Gasteiger partial charge in [0.05, 0.1) is 25.8 Å². The monoisotopic (exact) mass is 415 g/mol. The first-order valence-corrected chi connectivity index (χ1v) is 10.6. The molecule has 5 nitrogen and oxygen atoms in total. The standard InChI is InChI=1S/C23H27ClN2O3/c1-26(14-12-17-7-4-5-8-19(17)24)13-6-2-3-9-21(27)18-10-11-22-20(15-18)25-23(28)16-29-22/h4-5,7-8,10-11,15H,2-3,6,9,12-14,16H2,1H3,(H,25,28)/p+1. The Morgan fingerprint density at radius 1 is 1.14 bits per heavy atom. The molecule has 2 N–H and O–H groups in total. The lowest BCUT2D eigenvalue weighted by molar-refractivity contribution is -0.879. The Bertz CT molecular complexity index is 869. The van der Waals surface area contributed by atoms with Crippen LogP contribution in [-0.2, 0) is 11.2 Å². The lowest BCUT2D eigenvalue weighted by Crippen LogP contribution is -3.09. The highest BCUT2D eigenvalue weighted by atomic mass is 35.5. The summed E-state index contributed by atoms with van der Waals surface area (Å²) in [6, 6.07) is 13.2. The molecule has 0 bridgehead atoms. The quantitative estimate of drug-likeness (QED) is 0.463. The molecule has 0 saturated heterocycles. The van der Waals surface area contributed by atoms with Crippen molar-refractivity contribution in [2.24, 2.45) is 0 Å². The highest BCUT2D eigenvalue weighted by Crippen LogP contribution is 2.29.